The van der Waals surface area contributed by atoms with Gasteiger partial charge in [-0.15, -0.1) is 0 Å². The van der Waals surface area contributed by atoms with Crippen LogP contribution in [0.2, 0.25) is 0 Å². The Morgan fingerprint density at radius 3 is 2.73 bits per heavy atom. The van der Waals surface area contributed by atoms with E-state index >= 15 is 0 Å². The zero-order valence-electron chi connectivity index (χ0n) is 7.46. The minimum atomic E-state index is -0.0257. The number of ether oxygens (including phenoxy) is 1. The standard InChI is InChI=1S/C9H16O2/c1-4-8-5-6(2)9(10)11-7(8)3/h6-8H,4-5H2,1-3H3/t6-,7-,8-/m1/s1. The van der Waals surface area contributed by atoms with Gasteiger partial charge in [0.25, 0.3) is 0 Å². The SMILES string of the molecule is CC[C@@H]1C[C@@H](C)C(=O)O[C@@H]1C. The van der Waals surface area contributed by atoms with Crippen LogP contribution in [0.3, 0.4) is 0 Å². The minimum Gasteiger partial charge on any atom is -0.462 e. The van der Waals surface area contributed by atoms with Crippen LogP contribution in [-0.4, -0.2) is 12.1 Å². The van der Waals surface area contributed by atoms with E-state index in [1.807, 2.05) is 13.8 Å². The van der Waals surface area contributed by atoms with Crippen LogP contribution in [-0.2, 0) is 9.53 Å². The molecule has 0 unspecified atom stereocenters. The molecule has 0 radical (unpaired) electrons. The summed E-state index contributed by atoms with van der Waals surface area (Å²) in [6.07, 6.45) is 2.23. The fourth-order valence-electron chi connectivity index (χ4n) is 1.64. The predicted molar refractivity (Wildman–Crippen MR) is 43.1 cm³/mol. The molecule has 0 amide bonds. The third kappa shape index (κ3) is 1.73. The van der Waals surface area contributed by atoms with Crippen molar-refractivity contribution in [2.45, 2.75) is 39.7 Å². The quantitative estimate of drug-likeness (QED) is 0.543. The van der Waals surface area contributed by atoms with E-state index in [0.717, 1.165) is 12.8 Å². The van der Waals surface area contributed by atoms with Gasteiger partial charge in [-0.1, -0.05) is 13.8 Å². The van der Waals surface area contributed by atoms with Crippen molar-refractivity contribution in [2.75, 3.05) is 0 Å². The molecule has 1 fully saturated rings. The van der Waals surface area contributed by atoms with Gasteiger partial charge in [0, 0.05) is 0 Å². The number of hydrogen-bond acceptors (Lipinski definition) is 2. The summed E-state index contributed by atoms with van der Waals surface area (Å²) in [5, 5.41) is 0. The van der Waals surface area contributed by atoms with Crippen molar-refractivity contribution >= 4 is 5.97 Å². The van der Waals surface area contributed by atoms with Gasteiger partial charge in [-0.25, -0.2) is 0 Å². The molecule has 0 aromatic rings. The molecule has 1 aliphatic heterocycles. The average Bonchev–Trinajstić information content (AvgIpc) is 1.97. The smallest absolute Gasteiger partial charge is 0.308 e. The molecule has 2 heteroatoms. The van der Waals surface area contributed by atoms with Gasteiger partial charge >= 0.3 is 5.97 Å². The van der Waals surface area contributed by atoms with E-state index in [0.29, 0.717) is 5.92 Å². The van der Waals surface area contributed by atoms with Crippen molar-refractivity contribution in [3.8, 4) is 0 Å². The molecular formula is C9H16O2. The maximum Gasteiger partial charge on any atom is 0.308 e. The summed E-state index contributed by atoms with van der Waals surface area (Å²) in [7, 11) is 0. The molecule has 1 heterocycles. The Labute approximate surface area is 67.9 Å². The largest absolute Gasteiger partial charge is 0.462 e. The van der Waals surface area contributed by atoms with Gasteiger partial charge in [0.2, 0.25) is 0 Å². The molecule has 0 N–H and O–H groups in total. The first-order valence-electron chi connectivity index (χ1n) is 4.35. The van der Waals surface area contributed by atoms with Crippen LogP contribution < -0.4 is 0 Å². The molecule has 0 aromatic carbocycles. The van der Waals surface area contributed by atoms with E-state index in [1.165, 1.54) is 0 Å². The third-order valence-electron chi connectivity index (χ3n) is 2.55. The first-order valence-corrected chi connectivity index (χ1v) is 4.35. The van der Waals surface area contributed by atoms with Gasteiger partial charge in [-0.2, -0.15) is 0 Å². The van der Waals surface area contributed by atoms with Crippen LogP contribution in [0.25, 0.3) is 0 Å². The molecule has 0 aliphatic carbocycles. The second-order valence-corrected chi connectivity index (χ2v) is 3.45. The molecule has 1 aliphatic rings. The van der Waals surface area contributed by atoms with Crippen LogP contribution in [0.1, 0.15) is 33.6 Å². The normalized spacial score (nSPS) is 38.5. The van der Waals surface area contributed by atoms with E-state index in [1.54, 1.807) is 0 Å². The van der Waals surface area contributed by atoms with Gasteiger partial charge in [0.1, 0.15) is 6.10 Å². The van der Waals surface area contributed by atoms with Crippen LogP contribution in [0.4, 0.5) is 0 Å². The lowest BCUT2D eigenvalue weighted by atomic mass is 9.87. The third-order valence-corrected chi connectivity index (χ3v) is 2.55. The van der Waals surface area contributed by atoms with Crippen molar-refractivity contribution < 1.29 is 9.53 Å². The van der Waals surface area contributed by atoms with Crippen molar-refractivity contribution in [1.29, 1.82) is 0 Å². The Kier molecular flexibility index (Phi) is 2.53. The topological polar surface area (TPSA) is 26.3 Å². The summed E-state index contributed by atoms with van der Waals surface area (Å²) in [6, 6.07) is 0. The van der Waals surface area contributed by atoms with Crippen molar-refractivity contribution in [1.82, 2.24) is 0 Å². The summed E-state index contributed by atoms with van der Waals surface area (Å²) >= 11 is 0. The van der Waals surface area contributed by atoms with Crippen LogP contribution >= 0.6 is 0 Å². The van der Waals surface area contributed by atoms with Crippen LogP contribution in [0, 0.1) is 11.8 Å². The number of carbonyl (C=O) groups is 1. The highest BCUT2D eigenvalue weighted by Crippen LogP contribution is 2.27. The summed E-state index contributed by atoms with van der Waals surface area (Å²) in [5.41, 5.74) is 0. The fourth-order valence-corrected chi connectivity index (χ4v) is 1.64. The summed E-state index contributed by atoms with van der Waals surface area (Å²) in [6.45, 7) is 6.07. The van der Waals surface area contributed by atoms with Gasteiger partial charge in [-0.05, 0) is 25.7 Å². The fraction of sp³-hybridized carbons (Fsp3) is 0.889. The molecule has 1 rings (SSSR count). The van der Waals surface area contributed by atoms with Gasteiger partial charge in [-0.3, -0.25) is 4.79 Å². The molecule has 11 heavy (non-hydrogen) atoms. The second-order valence-electron chi connectivity index (χ2n) is 3.45. The van der Waals surface area contributed by atoms with Crippen molar-refractivity contribution in [3.05, 3.63) is 0 Å². The predicted octanol–water partition coefficient (Wildman–Crippen LogP) is 1.98. The Morgan fingerprint density at radius 2 is 2.18 bits per heavy atom. The highest BCUT2D eigenvalue weighted by molar-refractivity contribution is 5.72. The number of esters is 1. The monoisotopic (exact) mass is 156 g/mol. The van der Waals surface area contributed by atoms with Crippen molar-refractivity contribution in [3.63, 3.8) is 0 Å². The first kappa shape index (κ1) is 8.57. The minimum absolute atomic E-state index is 0.0257. The average molecular weight is 156 g/mol. The summed E-state index contributed by atoms with van der Waals surface area (Å²) in [4.78, 5) is 11.0. The van der Waals surface area contributed by atoms with E-state index in [2.05, 4.69) is 6.92 Å². The molecular weight excluding hydrogens is 140 g/mol. The maximum atomic E-state index is 11.0. The van der Waals surface area contributed by atoms with Crippen LogP contribution in [0.15, 0.2) is 0 Å². The number of cyclic esters (lactones) is 1. The lowest BCUT2D eigenvalue weighted by Gasteiger charge is -2.31. The Bertz CT molecular complexity index is 154. The molecule has 0 aromatic heterocycles. The van der Waals surface area contributed by atoms with Crippen molar-refractivity contribution in [2.24, 2.45) is 11.8 Å². The number of rotatable bonds is 1. The van der Waals surface area contributed by atoms with Gasteiger partial charge in [0.05, 0.1) is 5.92 Å². The molecule has 0 bridgehead atoms. The van der Waals surface area contributed by atoms with E-state index in [9.17, 15) is 4.79 Å². The molecule has 1 saturated heterocycles. The molecule has 3 atom stereocenters. The van der Waals surface area contributed by atoms with E-state index < -0.39 is 0 Å². The second kappa shape index (κ2) is 3.24. The maximum absolute atomic E-state index is 11.0. The number of carbonyl (C=O) groups excluding carboxylic acids is 1. The zero-order chi connectivity index (χ0) is 8.43. The van der Waals surface area contributed by atoms with E-state index in [4.69, 9.17) is 4.74 Å². The molecule has 64 valence electrons. The Morgan fingerprint density at radius 1 is 1.55 bits per heavy atom. The number of hydrogen-bond donors (Lipinski definition) is 0. The lowest BCUT2D eigenvalue weighted by Crippen LogP contribution is -2.34. The summed E-state index contributed by atoms with van der Waals surface area (Å²) in [5.74, 6) is 0.654. The zero-order valence-corrected chi connectivity index (χ0v) is 7.46. The van der Waals surface area contributed by atoms with Gasteiger partial charge in [0.15, 0.2) is 0 Å². The first-order chi connectivity index (χ1) is 5.15. The lowest BCUT2D eigenvalue weighted by molar-refractivity contribution is -0.163. The Balaban J connectivity index is 2.54. The highest BCUT2D eigenvalue weighted by Gasteiger charge is 2.31. The van der Waals surface area contributed by atoms with Gasteiger partial charge < -0.3 is 4.74 Å². The Hall–Kier alpha value is -0.530. The molecule has 2 nitrogen and oxygen atoms in total. The van der Waals surface area contributed by atoms with Crippen LogP contribution in [0.5, 0.6) is 0 Å². The molecule has 0 spiro atoms. The molecule has 0 saturated carbocycles. The highest BCUT2D eigenvalue weighted by atomic mass is 16.5. The summed E-state index contributed by atoms with van der Waals surface area (Å²) < 4.78 is 5.16. The van der Waals surface area contributed by atoms with E-state index in [-0.39, 0.29) is 18.0 Å².